The summed E-state index contributed by atoms with van der Waals surface area (Å²) in [4.78, 5) is 76.9. The molecule has 0 fully saturated rings. The van der Waals surface area contributed by atoms with E-state index in [1.165, 1.54) is 0 Å². The van der Waals surface area contributed by atoms with Gasteiger partial charge in [-0.2, -0.15) is 23.5 Å². The molecule has 0 N–H and O–H groups in total. The summed E-state index contributed by atoms with van der Waals surface area (Å²) < 4.78 is 25.6. The van der Waals surface area contributed by atoms with Gasteiger partial charge in [0, 0.05) is 0 Å². The van der Waals surface area contributed by atoms with Gasteiger partial charge in [-0.05, 0) is 0 Å². The largest absolute Gasteiger partial charge is 4.00 e. The number of hydrogen-bond donors (Lipinski definition) is 0. The maximum Gasteiger partial charge on any atom is 4.00 e. The first-order valence-electron chi connectivity index (χ1n) is 2.19. The molecule has 111 valence electrons. The van der Waals surface area contributed by atoms with Crippen LogP contribution in [0, 0.1) is 7.43 Å². The van der Waals surface area contributed by atoms with Gasteiger partial charge in [-0.15, -0.1) is 0 Å². The minimum absolute atomic E-state index is 0. The van der Waals surface area contributed by atoms with Crippen LogP contribution in [0.15, 0.2) is 0 Å². The van der Waals surface area contributed by atoms with Crippen molar-refractivity contribution in [1.29, 1.82) is 0 Å². The van der Waals surface area contributed by atoms with Crippen LogP contribution >= 0.6 is 23.5 Å². The van der Waals surface area contributed by atoms with E-state index in [4.69, 9.17) is 57.7 Å². The van der Waals surface area contributed by atoms with E-state index in [1.807, 2.05) is 0 Å². The van der Waals surface area contributed by atoms with Crippen molar-refractivity contribution in [2.24, 2.45) is 0 Å². The molecule has 0 aromatic rings. The first-order chi connectivity index (χ1) is 6.00. The maximum atomic E-state index is 8.55. The number of phosphoric acid groups is 3. The van der Waals surface area contributed by atoms with Crippen LogP contribution in [0.1, 0.15) is 0 Å². The summed E-state index contributed by atoms with van der Waals surface area (Å²) in [6, 6.07) is 0. The van der Waals surface area contributed by atoms with Crippen LogP contribution in [0.2, 0.25) is 0 Å². The first-order valence-corrected chi connectivity index (χ1v) is 6.57. The number of hydrogen-bond acceptors (Lipinski definition) is 12. The molecule has 0 aliphatic carbocycles. The smallest absolute Gasteiger partial charge is 0.822 e. The second-order valence-corrected chi connectivity index (χ2v) is 4.02. The van der Waals surface area contributed by atoms with Crippen LogP contribution in [0.3, 0.4) is 0 Å². The molecule has 0 aromatic carbocycles. The second-order valence-electron chi connectivity index (χ2n) is 1.34. The molecule has 0 bridgehead atoms. The van der Waals surface area contributed by atoms with Gasteiger partial charge in [0.05, 0.1) is 0 Å². The molecule has 1 radical (unpaired) electrons. The van der Waals surface area contributed by atoms with E-state index in [0.29, 0.717) is 0 Å². The quantitative estimate of drug-likeness (QED) is 0.260. The van der Waals surface area contributed by atoms with Crippen LogP contribution in [0.5, 0.6) is 0 Å². The Kier molecular flexibility index (Phi) is 40.6. The summed E-state index contributed by atoms with van der Waals surface area (Å²) in [5.41, 5.74) is 0. The molecule has 0 saturated heterocycles. The van der Waals surface area contributed by atoms with Crippen LogP contribution in [0.4, 0.5) is 0 Å². The van der Waals surface area contributed by atoms with E-state index < -0.39 is 23.5 Å². The molecule has 0 amide bonds. The zero-order valence-electron chi connectivity index (χ0n) is 8.40. The van der Waals surface area contributed by atoms with Gasteiger partial charge in [-0.3, -0.25) is 0 Å². The van der Waals surface area contributed by atoms with E-state index in [0.717, 1.165) is 0 Å². The standard InChI is InChI=1S/C.Cu.Fe.Li.3H3O4P/c;;;;3*1-5(2,3)4/h;;;;3*(H3,1,2,3,4)/q+4;2*+2;+1;;;/p-9. The van der Waals surface area contributed by atoms with Gasteiger partial charge in [-0.1, -0.05) is 0 Å². The molecule has 0 saturated carbocycles. The van der Waals surface area contributed by atoms with Crippen molar-refractivity contribution in [2.75, 3.05) is 0 Å². The molecule has 0 aliphatic heterocycles. The second kappa shape index (κ2) is 18.0. The van der Waals surface area contributed by atoms with Crippen LogP contribution in [-0.2, 0) is 47.8 Å². The predicted octanol–water partition coefficient (Wildman–Crippen LogP) is -11.4. The molecule has 18 heteroatoms. The average Bonchev–Trinajstić information content (AvgIpc) is 1.41. The summed E-state index contributed by atoms with van der Waals surface area (Å²) in [7, 11) is -16.2. The van der Waals surface area contributed by atoms with Crippen molar-refractivity contribution in [1.82, 2.24) is 0 Å². The minimum atomic E-state index is -5.39. The topological polar surface area (TPSA) is 259 Å². The molecule has 0 rings (SSSR count). The Labute approximate surface area is 141 Å². The maximum absolute atomic E-state index is 8.55. The molecule has 0 unspecified atom stereocenters. The molecule has 12 nitrogen and oxygen atoms in total. The van der Waals surface area contributed by atoms with Gasteiger partial charge < -0.3 is 57.7 Å². The minimum Gasteiger partial charge on any atom is -0.822 e. The normalized spacial score (nSPS) is 9.32. The van der Waals surface area contributed by atoms with Gasteiger partial charge in [0.25, 0.3) is 0 Å². The Morgan fingerprint density at radius 2 is 0.526 bits per heavy atom. The fourth-order valence-electron chi connectivity index (χ4n) is 0. The zero-order chi connectivity index (χ0) is 13.5. The Morgan fingerprint density at radius 1 is 0.526 bits per heavy atom. The zero-order valence-corrected chi connectivity index (χ0v) is 13.1. The monoisotopic (exact) mass is 423 g/mol. The first kappa shape index (κ1) is 42.9. The van der Waals surface area contributed by atoms with Crippen molar-refractivity contribution >= 4 is 23.5 Å². The van der Waals surface area contributed by atoms with Crippen molar-refractivity contribution in [3.8, 4) is 0 Å². The van der Waals surface area contributed by atoms with E-state index >= 15 is 0 Å². The molecular formula is CCuFeLiO12P3. The molecule has 0 aliphatic rings. The van der Waals surface area contributed by atoms with Gasteiger partial charge in [0.15, 0.2) is 0 Å². The molecule has 0 aromatic heterocycles. The third-order valence-electron chi connectivity index (χ3n) is 0. The van der Waals surface area contributed by atoms with E-state index in [9.17, 15) is 0 Å². The molecule has 19 heavy (non-hydrogen) atoms. The van der Waals surface area contributed by atoms with Crippen molar-refractivity contribution in [2.45, 2.75) is 0 Å². The average molecular weight is 423 g/mol. The molecule has 0 spiro atoms. The van der Waals surface area contributed by atoms with Crippen LogP contribution in [-0.4, -0.2) is 0 Å². The van der Waals surface area contributed by atoms with E-state index in [1.54, 1.807) is 0 Å². The summed E-state index contributed by atoms with van der Waals surface area (Å²) in [6.45, 7) is 0. The van der Waals surface area contributed by atoms with Gasteiger partial charge in [0.2, 0.25) is 0 Å². The van der Waals surface area contributed by atoms with Gasteiger partial charge >= 0.3 is 60.4 Å². The van der Waals surface area contributed by atoms with Crippen molar-refractivity contribution in [3.63, 3.8) is 0 Å². The third-order valence-corrected chi connectivity index (χ3v) is 0. The Balaban J connectivity index is -0.0000000206. The fraction of sp³-hybridized carbons (Fsp3) is 0. The predicted molar refractivity (Wildman–Crippen MR) is 26.1 cm³/mol. The van der Waals surface area contributed by atoms with Crippen LogP contribution in [0.25, 0.3) is 0 Å². The molecule has 0 heterocycles. The summed E-state index contributed by atoms with van der Waals surface area (Å²) in [5, 5.41) is 0. The van der Waals surface area contributed by atoms with Gasteiger partial charge in [0.1, 0.15) is 0 Å². The Hall–Kier alpha value is 1.97. The Morgan fingerprint density at radius 3 is 0.526 bits per heavy atom. The van der Waals surface area contributed by atoms with Crippen LogP contribution < -0.4 is 62.9 Å². The molecular weight excluding hydrogens is 423 g/mol. The van der Waals surface area contributed by atoms with Crippen molar-refractivity contribution in [3.05, 3.63) is 7.43 Å². The summed E-state index contributed by atoms with van der Waals surface area (Å²) >= 11 is 0. The van der Waals surface area contributed by atoms with Gasteiger partial charge in [-0.25, -0.2) is 0 Å². The summed E-state index contributed by atoms with van der Waals surface area (Å²) in [5.74, 6) is 0. The molecule has 0 atom stereocenters. The SMILES string of the molecule is O=P([O-])([O-])[O-].O=P([O-])([O-])[O-].O=P([O-])([O-])[O-].[C+4].[Cu+2].[Fe+2].[Li+]. The number of rotatable bonds is 0. The van der Waals surface area contributed by atoms with E-state index in [-0.39, 0.29) is 60.4 Å². The fourth-order valence-corrected chi connectivity index (χ4v) is 0. The Bertz CT molecular complexity index is 219. The van der Waals surface area contributed by atoms with E-state index in [2.05, 4.69) is 0 Å². The third kappa shape index (κ3) is 1670. The summed E-state index contributed by atoms with van der Waals surface area (Å²) in [6.07, 6.45) is 0. The van der Waals surface area contributed by atoms with Crippen molar-refractivity contribution < 1.29 is 111 Å².